The molecule has 0 aliphatic carbocycles. The molecule has 0 amide bonds. The van der Waals surface area contributed by atoms with Crippen molar-refractivity contribution in [2.75, 3.05) is 37.6 Å². The van der Waals surface area contributed by atoms with Gasteiger partial charge in [0.25, 0.3) is 0 Å². The zero-order valence-corrected chi connectivity index (χ0v) is 11.5. The summed E-state index contributed by atoms with van der Waals surface area (Å²) in [5, 5.41) is 0.302. The van der Waals surface area contributed by atoms with Crippen LogP contribution in [0.1, 0.15) is 6.92 Å². The molecule has 2 rings (SSSR count). The number of likely N-dealkylation sites (N-methyl/N-ethyl adjacent to an activating group) is 1. The number of rotatable bonds is 2. The van der Waals surface area contributed by atoms with Crippen LogP contribution in [0.4, 0.5) is 5.82 Å². The number of anilines is 1. The Bertz CT molecular complexity index is 366. The molecule has 1 aliphatic rings. The molecule has 88 valence electrons. The van der Waals surface area contributed by atoms with Gasteiger partial charge in [0, 0.05) is 32.4 Å². The van der Waals surface area contributed by atoms with E-state index in [9.17, 15) is 0 Å². The Kier molecular flexibility index (Phi) is 4.00. The molecule has 1 saturated heterocycles. The van der Waals surface area contributed by atoms with Crippen molar-refractivity contribution < 1.29 is 0 Å². The third kappa shape index (κ3) is 2.64. The van der Waals surface area contributed by atoms with Gasteiger partial charge in [-0.1, -0.05) is 6.92 Å². The van der Waals surface area contributed by atoms with E-state index in [4.69, 9.17) is 11.6 Å². The first-order chi connectivity index (χ1) is 7.70. The second-order valence-corrected chi connectivity index (χ2v) is 4.92. The van der Waals surface area contributed by atoms with Crippen LogP contribution < -0.4 is 4.90 Å². The summed E-state index contributed by atoms with van der Waals surface area (Å²) in [5.41, 5.74) is 0. The zero-order chi connectivity index (χ0) is 11.5. The highest BCUT2D eigenvalue weighted by Gasteiger charge is 2.19. The lowest BCUT2D eigenvalue weighted by atomic mass is 10.3. The maximum atomic E-state index is 5.81. The molecule has 1 fully saturated rings. The van der Waals surface area contributed by atoms with E-state index in [1.165, 1.54) is 0 Å². The summed E-state index contributed by atoms with van der Waals surface area (Å²) in [6.45, 7) is 7.42. The average Bonchev–Trinajstić information content (AvgIpc) is 2.32. The lowest BCUT2D eigenvalue weighted by Crippen LogP contribution is -2.46. The molecule has 6 heteroatoms. The minimum absolute atomic E-state index is 0.302. The van der Waals surface area contributed by atoms with Gasteiger partial charge in [-0.25, -0.2) is 4.98 Å². The Morgan fingerprint density at radius 2 is 2.06 bits per heavy atom. The normalized spacial score (nSPS) is 17.8. The van der Waals surface area contributed by atoms with Crippen LogP contribution in [0.2, 0.25) is 5.28 Å². The quantitative estimate of drug-likeness (QED) is 0.783. The first-order valence-corrected chi connectivity index (χ1v) is 6.53. The van der Waals surface area contributed by atoms with E-state index in [-0.39, 0.29) is 0 Å². The van der Waals surface area contributed by atoms with Crippen LogP contribution in [0.5, 0.6) is 0 Å². The van der Waals surface area contributed by atoms with E-state index in [0.29, 0.717) is 5.28 Å². The molecule has 0 spiro atoms. The van der Waals surface area contributed by atoms with Gasteiger partial charge in [-0.3, -0.25) is 0 Å². The molecular weight excluding hydrogens is 291 g/mol. The third-order valence-electron chi connectivity index (χ3n) is 2.82. The summed E-state index contributed by atoms with van der Waals surface area (Å²) in [7, 11) is 0. The zero-order valence-electron chi connectivity index (χ0n) is 9.16. The lowest BCUT2D eigenvalue weighted by molar-refractivity contribution is 0.270. The van der Waals surface area contributed by atoms with Crippen molar-refractivity contribution in [2.45, 2.75) is 6.92 Å². The van der Waals surface area contributed by atoms with Gasteiger partial charge in [-0.15, -0.1) is 0 Å². The van der Waals surface area contributed by atoms with Crippen LogP contribution in [0, 0.1) is 0 Å². The second-order valence-electron chi connectivity index (χ2n) is 3.73. The van der Waals surface area contributed by atoms with E-state index < -0.39 is 0 Å². The molecule has 16 heavy (non-hydrogen) atoms. The van der Waals surface area contributed by atoms with Crippen LogP contribution in [0.15, 0.2) is 10.7 Å². The van der Waals surface area contributed by atoms with E-state index in [1.807, 2.05) is 0 Å². The lowest BCUT2D eigenvalue weighted by Gasteiger charge is -2.35. The van der Waals surface area contributed by atoms with Crippen LogP contribution in [-0.2, 0) is 0 Å². The van der Waals surface area contributed by atoms with Gasteiger partial charge in [0.2, 0.25) is 5.28 Å². The molecule has 0 aromatic carbocycles. The summed E-state index contributed by atoms with van der Waals surface area (Å²) in [5.74, 6) is 0.899. The Hall–Kier alpha value is -0.390. The molecule has 0 unspecified atom stereocenters. The number of nitrogens with zero attached hydrogens (tertiary/aromatic N) is 4. The molecular formula is C10H14BrClN4. The molecule has 2 heterocycles. The largest absolute Gasteiger partial charge is 0.353 e. The fourth-order valence-corrected chi connectivity index (χ4v) is 2.41. The van der Waals surface area contributed by atoms with E-state index in [1.54, 1.807) is 6.20 Å². The predicted octanol–water partition coefficient (Wildman–Crippen LogP) is 2.03. The fourth-order valence-electron chi connectivity index (χ4n) is 1.83. The number of aromatic nitrogens is 2. The van der Waals surface area contributed by atoms with Crippen molar-refractivity contribution in [3.05, 3.63) is 16.0 Å². The molecule has 0 saturated carbocycles. The smallest absolute Gasteiger partial charge is 0.224 e. The van der Waals surface area contributed by atoms with Gasteiger partial charge in [-0.05, 0) is 34.1 Å². The summed E-state index contributed by atoms with van der Waals surface area (Å²) in [6, 6.07) is 0. The minimum atomic E-state index is 0.302. The van der Waals surface area contributed by atoms with E-state index in [2.05, 4.69) is 42.6 Å². The van der Waals surface area contributed by atoms with Crippen LogP contribution in [0.25, 0.3) is 0 Å². The first-order valence-electron chi connectivity index (χ1n) is 5.36. The highest BCUT2D eigenvalue weighted by atomic mass is 79.9. The molecule has 0 bridgehead atoms. The second kappa shape index (κ2) is 5.29. The summed E-state index contributed by atoms with van der Waals surface area (Å²) >= 11 is 9.27. The van der Waals surface area contributed by atoms with Crippen molar-refractivity contribution in [1.29, 1.82) is 0 Å². The summed E-state index contributed by atoms with van der Waals surface area (Å²) < 4.78 is 0.904. The topological polar surface area (TPSA) is 32.3 Å². The fraction of sp³-hybridized carbons (Fsp3) is 0.600. The molecule has 0 atom stereocenters. The van der Waals surface area contributed by atoms with Crippen LogP contribution in [0.3, 0.4) is 0 Å². The van der Waals surface area contributed by atoms with Gasteiger partial charge in [0.05, 0.1) is 4.47 Å². The maximum absolute atomic E-state index is 5.81. The maximum Gasteiger partial charge on any atom is 0.224 e. The highest BCUT2D eigenvalue weighted by Crippen LogP contribution is 2.25. The number of piperazine rings is 1. The van der Waals surface area contributed by atoms with Crippen molar-refractivity contribution in [3.8, 4) is 0 Å². The number of halogens is 2. The number of hydrogen-bond donors (Lipinski definition) is 0. The minimum Gasteiger partial charge on any atom is -0.353 e. The van der Waals surface area contributed by atoms with Crippen LogP contribution in [-0.4, -0.2) is 47.6 Å². The molecule has 1 aromatic heterocycles. The first kappa shape index (κ1) is 12.1. The van der Waals surface area contributed by atoms with Crippen molar-refractivity contribution in [1.82, 2.24) is 14.9 Å². The Morgan fingerprint density at radius 1 is 1.38 bits per heavy atom. The van der Waals surface area contributed by atoms with Gasteiger partial charge in [0.15, 0.2) is 0 Å². The van der Waals surface area contributed by atoms with Gasteiger partial charge in [-0.2, -0.15) is 4.98 Å². The highest BCUT2D eigenvalue weighted by molar-refractivity contribution is 9.10. The monoisotopic (exact) mass is 304 g/mol. The van der Waals surface area contributed by atoms with Crippen molar-refractivity contribution in [2.24, 2.45) is 0 Å². The SMILES string of the molecule is CCN1CCN(c2nc(Cl)ncc2Br)CC1. The Labute approximate surface area is 109 Å². The van der Waals surface area contributed by atoms with E-state index in [0.717, 1.165) is 43.0 Å². The van der Waals surface area contributed by atoms with Crippen molar-refractivity contribution in [3.63, 3.8) is 0 Å². The average molecular weight is 306 g/mol. The Balaban J connectivity index is 2.10. The number of hydrogen-bond acceptors (Lipinski definition) is 4. The molecule has 1 aliphatic heterocycles. The summed E-state index contributed by atoms with van der Waals surface area (Å²) in [4.78, 5) is 12.9. The molecule has 0 N–H and O–H groups in total. The van der Waals surface area contributed by atoms with Crippen molar-refractivity contribution >= 4 is 33.3 Å². The van der Waals surface area contributed by atoms with Gasteiger partial charge >= 0.3 is 0 Å². The summed E-state index contributed by atoms with van der Waals surface area (Å²) in [6.07, 6.45) is 1.71. The third-order valence-corrected chi connectivity index (χ3v) is 3.56. The predicted molar refractivity (Wildman–Crippen MR) is 69.1 cm³/mol. The molecule has 4 nitrogen and oxygen atoms in total. The Morgan fingerprint density at radius 3 is 2.69 bits per heavy atom. The van der Waals surface area contributed by atoms with Gasteiger partial charge in [0.1, 0.15) is 5.82 Å². The molecule has 1 aromatic rings. The van der Waals surface area contributed by atoms with Crippen LogP contribution >= 0.6 is 27.5 Å². The van der Waals surface area contributed by atoms with E-state index >= 15 is 0 Å². The molecule has 0 radical (unpaired) electrons. The standard InChI is InChI=1S/C10H14BrClN4/c1-2-15-3-5-16(6-4-15)9-8(11)7-13-10(12)14-9/h7H,2-6H2,1H3. The van der Waals surface area contributed by atoms with Gasteiger partial charge < -0.3 is 9.80 Å².